The van der Waals surface area contributed by atoms with E-state index in [1.807, 2.05) is 0 Å². The van der Waals surface area contributed by atoms with Gasteiger partial charge in [-0.25, -0.2) is 12.7 Å². The number of nitrogens with zero attached hydrogens (tertiary/aromatic N) is 1. The van der Waals surface area contributed by atoms with Gasteiger partial charge in [-0.1, -0.05) is 12.1 Å². The van der Waals surface area contributed by atoms with Gasteiger partial charge in [0, 0.05) is 19.7 Å². The lowest BCUT2D eigenvalue weighted by Gasteiger charge is -2.23. The first-order valence-electron chi connectivity index (χ1n) is 5.73. The van der Waals surface area contributed by atoms with Gasteiger partial charge in [-0.15, -0.1) is 0 Å². The van der Waals surface area contributed by atoms with Crippen molar-refractivity contribution < 1.29 is 17.9 Å². The molecule has 0 saturated heterocycles. The van der Waals surface area contributed by atoms with Crippen LogP contribution in [-0.2, 0) is 14.8 Å². The van der Waals surface area contributed by atoms with Crippen molar-refractivity contribution in [3.8, 4) is 0 Å². The Morgan fingerprint density at radius 2 is 2.10 bits per heavy atom. The zero-order valence-electron chi connectivity index (χ0n) is 11.5. The number of hydrogen-bond acceptors (Lipinski definition) is 5. The number of sulfonamides is 1. The Morgan fingerprint density at radius 3 is 2.60 bits per heavy atom. The summed E-state index contributed by atoms with van der Waals surface area (Å²) in [7, 11) is -1.19. The Balaban J connectivity index is 3.29. The summed E-state index contributed by atoms with van der Waals surface area (Å²) in [6.07, 6.45) is 0. The average Bonchev–Trinajstić information content (AvgIpc) is 2.43. The molecule has 110 valence electrons. The normalized spacial score (nSPS) is 10.9. The number of rotatable bonds is 5. The van der Waals surface area contributed by atoms with Crippen molar-refractivity contribution in [1.82, 2.24) is 9.62 Å². The number of ether oxygens (including phenoxy) is 1. The molecule has 0 atom stereocenters. The molecule has 1 aromatic carbocycles. The number of benzene rings is 1. The quantitative estimate of drug-likeness (QED) is 0.360. The number of Topliss-reactive ketones (excluding diaryl/α,β-unsaturated/α-hetero) is 1. The first-order chi connectivity index (χ1) is 9.34. The van der Waals surface area contributed by atoms with Crippen LogP contribution in [0.4, 0.5) is 0 Å². The minimum Gasteiger partial charge on any atom is -0.363 e. The molecule has 8 heteroatoms. The van der Waals surface area contributed by atoms with Crippen LogP contribution in [0.1, 0.15) is 17.3 Å². The third-order valence-electron chi connectivity index (χ3n) is 2.56. The van der Waals surface area contributed by atoms with Gasteiger partial charge < -0.3 is 10.1 Å². The lowest BCUT2D eigenvalue weighted by molar-refractivity contribution is 0.101. The second-order valence-corrected chi connectivity index (χ2v) is 5.82. The molecular formula is C12H17N3O4S. The van der Waals surface area contributed by atoms with Gasteiger partial charge in [0.1, 0.15) is 6.73 Å². The van der Waals surface area contributed by atoms with Gasteiger partial charge >= 0.3 is 0 Å². The van der Waals surface area contributed by atoms with Crippen molar-refractivity contribution in [3.05, 3.63) is 29.8 Å². The van der Waals surface area contributed by atoms with E-state index in [1.165, 1.54) is 45.3 Å². The van der Waals surface area contributed by atoms with E-state index >= 15 is 0 Å². The summed E-state index contributed by atoms with van der Waals surface area (Å²) in [5, 5.41) is 10.1. The van der Waals surface area contributed by atoms with Gasteiger partial charge in [0.15, 0.2) is 5.78 Å². The van der Waals surface area contributed by atoms with Crippen LogP contribution in [-0.4, -0.2) is 45.4 Å². The fourth-order valence-corrected chi connectivity index (χ4v) is 2.86. The number of guanidine groups is 1. The summed E-state index contributed by atoms with van der Waals surface area (Å²) < 4.78 is 30.5. The second kappa shape index (κ2) is 6.49. The fourth-order valence-electron chi connectivity index (χ4n) is 1.50. The molecule has 7 nitrogen and oxygen atoms in total. The van der Waals surface area contributed by atoms with Crippen LogP contribution in [0.15, 0.2) is 29.2 Å². The molecule has 0 saturated carbocycles. The molecule has 0 unspecified atom stereocenters. The largest absolute Gasteiger partial charge is 0.363 e. The molecule has 0 aliphatic carbocycles. The molecule has 1 rings (SSSR count). The zero-order valence-corrected chi connectivity index (χ0v) is 12.3. The van der Waals surface area contributed by atoms with Gasteiger partial charge in [0.25, 0.3) is 10.0 Å². The van der Waals surface area contributed by atoms with Crippen molar-refractivity contribution in [1.29, 1.82) is 5.41 Å². The molecule has 0 spiro atoms. The Kier molecular flexibility index (Phi) is 5.23. The van der Waals surface area contributed by atoms with Gasteiger partial charge in [-0.3, -0.25) is 10.2 Å². The fraction of sp³-hybridized carbons (Fsp3) is 0.333. The SMILES string of the molecule is CNC(=N)N(COC)S(=O)(=O)c1cccc(C(C)=O)c1. The van der Waals surface area contributed by atoms with Crippen molar-refractivity contribution in [2.75, 3.05) is 20.9 Å². The molecule has 0 bridgehead atoms. The molecule has 0 aromatic heterocycles. The third-order valence-corrected chi connectivity index (χ3v) is 4.28. The number of nitrogens with one attached hydrogen (secondary N) is 2. The summed E-state index contributed by atoms with van der Waals surface area (Å²) in [5.74, 6) is -0.552. The molecular weight excluding hydrogens is 282 g/mol. The summed E-state index contributed by atoms with van der Waals surface area (Å²) in [6, 6.07) is 5.67. The van der Waals surface area contributed by atoms with E-state index in [2.05, 4.69) is 5.32 Å². The first kappa shape index (κ1) is 16.1. The van der Waals surface area contributed by atoms with Gasteiger partial charge in [-0.2, -0.15) is 0 Å². The summed E-state index contributed by atoms with van der Waals surface area (Å²) in [6.45, 7) is 1.06. The minimum atomic E-state index is -3.96. The van der Waals surface area contributed by atoms with Crippen LogP contribution >= 0.6 is 0 Å². The Labute approximate surface area is 118 Å². The van der Waals surface area contributed by atoms with Gasteiger partial charge in [-0.05, 0) is 19.1 Å². The predicted octanol–water partition coefficient (Wildman–Crippen LogP) is 0.638. The number of hydrogen-bond donors (Lipinski definition) is 2. The number of carbonyl (C=O) groups excluding carboxylic acids is 1. The second-order valence-electron chi connectivity index (χ2n) is 3.95. The maximum absolute atomic E-state index is 12.5. The van der Waals surface area contributed by atoms with Gasteiger partial charge in [0.05, 0.1) is 4.90 Å². The molecule has 20 heavy (non-hydrogen) atoms. The van der Waals surface area contributed by atoms with Crippen LogP contribution < -0.4 is 5.32 Å². The van der Waals surface area contributed by atoms with Crippen molar-refractivity contribution in [3.63, 3.8) is 0 Å². The van der Waals surface area contributed by atoms with E-state index in [0.717, 1.165) is 4.31 Å². The van der Waals surface area contributed by atoms with Crippen molar-refractivity contribution >= 4 is 21.8 Å². The van der Waals surface area contributed by atoms with E-state index in [4.69, 9.17) is 10.1 Å². The van der Waals surface area contributed by atoms with Crippen LogP contribution in [0.25, 0.3) is 0 Å². The standard InChI is InChI=1S/C12H17N3O4S/c1-9(16)10-5-4-6-11(7-10)20(17,18)15(8-19-3)12(13)14-2/h4-7H,8H2,1-3H3,(H2,13,14). The maximum atomic E-state index is 12.5. The molecule has 0 aliphatic heterocycles. The molecule has 1 aromatic rings. The van der Waals surface area contributed by atoms with Crippen LogP contribution in [0.3, 0.4) is 0 Å². The molecule has 0 radical (unpaired) electrons. The highest BCUT2D eigenvalue weighted by Gasteiger charge is 2.27. The first-order valence-corrected chi connectivity index (χ1v) is 7.17. The van der Waals surface area contributed by atoms with Crippen molar-refractivity contribution in [2.45, 2.75) is 11.8 Å². The monoisotopic (exact) mass is 299 g/mol. The lowest BCUT2D eigenvalue weighted by atomic mass is 10.2. The highest BCUT2D eigenvalue weighted by molar-refractivity contribution is 7.89. The van der Waals surface area contributed by atoms with E-state index in [1.54, 1.807) is 0 Å². The van der Waals surface area contributed by atoms with Crippen LogP contribution in [0.5, 0.6) is 0 Å². The molecule has 0 heterocycles. The van der Waals surface area contributed by atoms with E-state index in [0.29, 0.717) is 5.56 Å². The van der Waals surface area contributed by atoms with E-state index in [9.17, 15) is 13.2 Å². The molecule has 0 aliphatic rings. The summed E-state index contributed by atoms with van der Waals surface area (Å²) in [4.78, 5) is 11.3. The predicted molar refractivity (Wildman–Crippen MR) is 74.1 cm³/mol. The van der Waals surface area contributed by atoms with Crippen LogP contribution in [0, 0.1) is 5.41 Å². The summed E-state index contributed by atoms with van der Waals surface area (Å²) in [5.41, 5.74) is 0.291. The third kappa shape index (κ3) is 3.34. The average molecular weight is 299 g/mol. The highest BCUT2D eigenvalue weighted by atomic mass is 32.2. The van der Waals surface area contributed by atoms with Gasteiger partial charge in [0.2, 0.25) is 5.96 Å². The lowest BCUT2D eigenvalue weighted by Crippen LogP contribution is -2.43. The Morgan fingerprint density at radius 1 is 1.45 bits per heavy atom. The molecule has 0 amide bonds. The number of carbonyl (C=O) groups is 1. The molecule has 2 N–H and O–H groups in total. The maximum Gasteiger partial charge on any atom is 0.268 e. The minimum absolute atomic E-state index is 0.0674. The smallest absolute Gasteiger partial charge is 0.268 e. The molecule has 0 fully saturated rings. The van der Waals surface area contributed by atoms with E-state index < -0.39 is 10.0 Å². The number of ketones is 1. The topological polar surface area (TPSA) is 99.6 Å². The van der Waals surface area contributed by atoms with Crippen LogP contribution in [0.2, 0.25) is 0 Å². The highest BCUT2D eigenvalue weighted by Crippen LogP contribution is 2.17. The summed E-state index contributed by atoms with van der Waals surface area (Å²) >= 11 is 0. The van der Waals surface area contributed by atoms with E-state index in [-0.39, 0.29) is 23.4 Å². The zero-order chi connectivity index (χ0) is 15.3. The van der Waals surface area contributed by atoms with Crippen molar-refractivity contribution in [2.24, 2.45) is 0 Å². The Hall–Kier alpha value is -1.93. The number of methoxy groups -OCH3 is 1. The Bertz CT molecular complexity index is 613.